The molecule has 0 saturated heterocycles. The smallest absolute Gasteiger partial charge is 0.131 e. The highest BCUT2D eigenvalue weighted by Crippen LogP contribution is 2.43. The molecule has 3 rings (SSSR count). The zero-order valence-corrected chi connectivity index (χ0v) is 11.7. The van der Waals surface area contributed by atoms with Crippen molar-refractivity contribution in [1.82, 2.24) is 0 Å². The van der Waals surface area contributed by atoms with E-state index in [0.717, 1.165) is 28.9 Å². The fourth-order valence-electron chi connectivity index (χ4n) is 2.42. The van der Waals surface area contributed by atoms with E-state index < -0.39 is 0 Å². The van der Waals surface area contributed by atoms with Gasteiger partial charge < -0.3 is 10.5 Å². The third-order valence-corrected chi connectivity index (χ3v) is 3.95. The lowest BCUT2D eigenvalue weighted by molar-refractivity contribution is 0.242. The molecule has 0 aliphatic carbocycles. The minimum absolute atomic E-state index is 0.0393. The number of para-hydroxylation sites is 1. The van der Waals surface area contributed by atoms with Gasteiger partial charge in [0, 0.05) is 24.1 Å². The number of halogens is 2. The summed E-state index contributed by atoms with van der Waals surface area (Å²) < 4.78 is 5.91. The van der Waals surface area contributed by atoms with Crippen molar-refractivity contribution in [1.29, 1.82) is 0 Å². The van der Waals surface area contributed by atoms with Crippen LogP contribution in [0, 0.1) is 0 Å². The maximum Gasteiger partial charge on any atom is 0.131 e. The molecular formula is C15H13Cl2NO. The SMILES string of the molecule is NCC1Cc2cccc(-c3c(Cl)cccc3Cl)c2O1. The number of hydrogen-bond acceptors (Lipinski definition) is 2. The summed E-state index contributed by atoms with van der Waals surface area (Å²) in [6, 6.07) is 11.5. The molecule has 2 aromatic carbocycles. The van der Waals surface area contributed by atoms with E-state index in [9.17, 15) is 0 Å². The molecule has 0 saturated carbocycles. The summed E-state index contributed by atoms with van der Waals surface area (Å²) in [6.07, 6.45) is 0.874. The maximum atomic E-state index is 6.27. The topological polar surface area (TPSA) is 35.2 Å². The van der Waals surface area contributed by atoms with E-state index in [1.165, 1.54) is 0 Å². The molecule has 19 heavy (non-hydrogen) atoms. The molecule has 0 spiro atoms. The molecule has 0 radical (unpaired) electrons. The van der Waals surface area contributed by atoms with Gasteiger partial charge in [-0.05, 0) is 17.7 Å². The van der Waals surface area contributed by atoms with Crippen LogP contribution in [0.2, 0.25) is 10.0 Å². The molecule has 0 bridgehead atoms. The van der Waals surface area contributed by atoms with Crippen molar-refractivity contribution in [2.45, 2.75) is 12.5 Å². The summed E-state index contributed by atoms with van der Waals surface area (Å²) in [4.78, 5) is 0. The summed E-state index contributed by atoms with van der Waals surface area (Å²) in [5.74, 6) is 0.855. The normalized spacial score (nSPS) is 17.1. The van der Waals surface area contributed by atoms with Crippen LogP contribution in [-0.2, 0) is 6.42 Å². The first-order valence-electron chi connectivity index (χ1n) is 6.13. The van der Waals surface area contributed by atoms with Crippen molar-refractivity contribution in [3.63, 3.8) is 0 Å². The van der Waals surface area contributed by atoms with Gasteiger partial charge >= 0.3 is 0 Å². The quantitative estimate of drug-likeness (QED) is 0.911. The number of hydrogen-bond donors (Lipinski definition) is 1. The first-order chi connectivity index (χ1) is 9.20. The van der Waals surface area contributed by atoms with Crippen LogP contribution in [0.4, 0.5) is 0 Å². The fourth-order valence-corrected chi connectivity index (χ4v) is 3.02. The molecule has 2 nitrogen and oxygen atoms in total. The van der Waals surface area contributed by atoms with Gasteiger partial charge in [-0.25, -0.2) is 0 Å². The van der Waals surface area contributed by atoms with Gasteiger partial charge in [0.15, 0.2) is 0 Å². The Morgan fingerprint density at radius 2 is 1.79 bits per heavy atom. The Kier molecular flexibility index (Phi) is 3.40. The van der Waals surface area contributed by atoms with Crippen LogP contribution in [0.1, 0.15) is 5.56 Å². The van der Waals surface area contributed by atoms with Crippen molar-refractivity contribution in [3.05, 3.63) is 52.0 Å². The van der Waals surface area contributed by atoms with Crippen LogP contribution in [0.25, 0.3) is 11.1 Å². The average Bonchev–Trinajstić information content (AvgIpc) is 2.82. The van der Waals surface area contributed by atoms with Crippen LogP contribution < -0.4 is 10.5 Å². The predicted octanol–water partition coefficient (Wildman–Crippen LogP) is 3.92. The molecule has 0 aromatic heterocycles. The minimum Gasteiger partial charge on any atom is -0.488 e. The lowest BCUT2D eigenvalue weighted by Gasteiger charge is -2.13. The van der Waals surface area contributed by atoms with Crippen molar-refractivity contribution in [3.8, 4) is 16.9 Å². The lowest BCUT2D eigenvalue weighted by Crippen LogP contribution is -2.24. The summed E-state index contributed by atoms with van der Waals surface area (Å²) in [6.45, 7) is 0.504. The fraction of sp³-hybridized carbons (Fsp3) is 0.200. The van der Waals surface area contributed by atoms with Gasteiger partial charge in [-0.3, -0.25) is 0 Å². The van der Waals surface area contributed by atoms with Crippen LogP contribution in [0.3, 0.4) is 0 Å². The monoisotopic (exact) mass is 293 g/mol. The molecule has 0 amide bonds. The first-order valence-corrected chi connectivity index (χ1v) is 6.89. The van der Waals surface area contributed by atoms with Gasteiger partial charge in [-0.1, -0.05) is 47.5 Å². The number of nitrogens with two attached hydrogens (primary N) is 1. The first kappa shape index (κ1) is 12.8. The van der Waals surface area contributed by atoms with Crippen molar-refractivity contribution < 1.29 is 4.74 Å². The van der Waals surface area contributed by atoms with E-state index in [4.69, 9.17) is 33.7 Å². The molecule has 98 valence electrons. The van der Waals surface area contributed by atoms with Crippen LogP contribution in [0.5, 0.6) is 5.75 Å². The van der Waals surface area contributed by atoms with Crippen LogP contribution >= 0.6 is 23.2 Å². The molecule has 1 heterocycles. The molecular weight excluding hydrogens is 281 g/mol. The Labute approximate surface area is 122 Å². The average molecular weight is 294 g/mol. The molecule has 1 unspecified atom stereocenters. The van der Waals surface area contributed by atoms with E-state index in [2.05, 4.69) is 6.07 Å². The Morgan fingerprint density at radius 3 is 2.47 bits per heavy atom. The number of fused-ring (bicyclic) bond motifs is 1. The lowest BCUT2D eigenvalue weighted by atomic mass is 10.0. The van der Waals surface area contributed by atoms with Gasteiger partial charge in [0.25, 0.3) is 0 Å². The van der Waals surface area contributed by atoms with Gasteiger partial charge in [0.2, 0.25) is 0 Å². The standard InChI is InChI=1S/C15H13Cl2NO/c16-12-5-2-6-13(17)14(12)11-4-1-3-9-7-10(8-18)19-15(9)11/h1-6,10H,7-8,18H2. The predicted molar refractivity (Wildman–Crippen MR) is 79.1 cm³/mol. The van der Waals surface area contributed by atoms with Crippen LogP contribution in [-0.4, -0.2) is 12.6 Å². The molecule has 1 aliphatic heterocycles. The molecule has 2 aromatic rings. The molecule has 2 N–H and O–H groups in total. The third-order valence-electron chi connectivity index (χ3n) is 3.32. The minimum atomic E-state index is 0.0393. The van der Waals surface area contributed by atoms with Crippen molar-refractivity contribution in [2.24, 2.45) is 5.73 Å². The van der Waals surface area contributed by atoms with E-state index in [-0.39, 0.29) is 6.10 Å². The summed E-state index contributed by atoms with van der Waals surface area (Å²) in [7, 11) is 0. The Balaban J connectivity index is 2.16. The number of rotatable bonds is 2. The second-order valence-electron chi connectivity index (χ2n) is 4.57. The summed E-state index contributed by atoms with van der Waals surface area (Å²) >= 11 is 12.5. The highest BCUT2D eigenvalue weighted by Gasteiger charge is 2.25. The van der Waals surface area contributed by atoms with Gasteiger partial charge in [0.1, 0.15) is 11.9 Å². The maximum absolute atomic E-state index is 6.27. The highest BCUT2D eigenvalue weighted by atomic mass is 35.5. The Bertz CT molecular complexity index is 607. The molecule has 4 heteroatoms. The molecule has 1 atom stereocenters. The number of ether oxygens (including phenoxy) is 1. The Hall–Kier alpha value is -1.22. The third kappa shape index (κ3) is 2.20. The van der Waals surface area contributed by atoms with Crippen molar-refractivity contribution >= 4 is 23.2 Å². The van der Waals surface area contributed by atoms with E-state index >= 15 is 0 Å². The highest BCUT2D eigenvalue weighted by molar-refractivity contribution is 6.39. The van der Waals surface area contributed by atoms with Crippen molar-refractivity contribution in [2.75, 3.05) is 6.54 Å². The van der Waals surface area contributed by atoms with E-state index in [1.807, 2.05) is 30.3 Å². The zero-order valence-electron chi connectivity index (χ0n) is 10.2. The second kappa shape index (κ2) is 5.04. The summed E-state index contributed by atoms with van der Waals surface area (Å²) in [5, 5.41) is 1.25. The van der Waals surface area contributed by atoms with Gasteiger partial charge in [0.05, 0.1) is 10.0 Å². The Morgan fingerprint density at radius 1 is 1.11 bits per heavy atom. The van der Waals surface area contributed by atoms with Gasteiger partial charge in [-0.15, -0.1) is 0 Å². The zero-order chi connectivity index (χ0) is 13.4. The summed E-state index contributed by atoms with van der Waals surface area (Å²) in [5.41, 5.74) is 8.60. The molecule has 0 fully saturated rings. The largest absolute Gasteiger partial charge is 0.488 e. The van der Waals surface area contributed by atoms with E-state index in [0.29, 0.717) is 16.6 Å². The number of benzene rings is 2. The van der Waals surface area contributed by atoms with Gasteiger partial charge in [-0.2, -0.15) is 0 Å². The second-order valence-corrected chi connectivity index (χ2v) is 5.38. The van der Waals surface area contributed by atoms with E-state index in [1.54, 1.807) is 0 Å². The van der Waals surface area contributed by atoms with Crippen LogP contribution in [0.15, 0.2) is 36.4 Å². The molecule has 1 aliphatic rings.